The Morgan fingerprint density at radius 3 is 2.57 bits per heavy atom. The zero-order chi connectivity index (χ0) is 10.8. The molecule has 0 aliphatic heterocycles. The van der Waals surface area contributed by atoms with Crippen LogP contribution in [0.5, 0.6) is 5.75 Å². The van der Waals surface area contributed by atoms with E-state index in [1.54, 1.807) is 0 Å². The lowest BCUT2D eigenvalue weighted by molar-refractivity contribution is -0.275. The number of nitriles is 1. The number of hydrogen-bond acceptors (Lipinski definition) is 3. The highest BCUT2D eigenvalue weighted by atomic mass is 19.4. The summed E-state index contributed by atoms with van der Waals surface area (Å²) < 4.78 is 50.8. The van der Waals surface area contributed by atoms with Crippen LogP contribution in [0.1, 0.15) is 5.56 Å². The van der Waals surface area contributed by atoms with Crippen molar-refractivity contribution in [3.8, 4) is 11.8 Å². The Morgan fingerprint density at radius 2 is 2.07 bits per heavy atom. The molecular formula is C7H2F4N2O. The van der Waals surface area contributed by atoms with Crippen LogP contribution >= 0.6 is 0 Å². The molecule has 74 valence electrons. The minimum atomic E-state index is -5.00. The molecule has 0 saturated carbocycles. The van der Waals surface area contributed by atoms with E-state index in [4.69, 9.17) is 5.26 Å². The molecule has 0 unspecified atom stereocenters. The van der Waals surface area contributed by atoms with Crippen LogP contribution in [-0.2, 0) is 0 Å². The molecule has 1 aromatic rings. The van der Waals surface area contributed by atoms with Gasteiger partial charge < -0.3 is 4.74 Å². The van der Waals surface area contributed by atoms with Gasteiger partial charge in [-0.15, -0.1) is 13.2 Å². The van der Waals surface area contributed by atoms with E-state index in [1.807, 2.05) is 0 Å². The summed E-state index contributed by atoms with van der Waals surface area (Å²) in [5, 5.41) is 8.30. The van der Waals surface area contributed by atoms with E-state index in [9.17, 15) is 17.6 Å². The van der Waals surface area contributed by atoms with Crippen molar-refractivity contribution in [3.05, 3.63) is 23.8 Å². The van der Waals surface area contributed by atoms with Crippen molar-refractivity contribution in [2.24, 2.45) is 0 Å². The lowest BCUT2D eigenvalue weighted by atomic mass is 10.3. The fraction of sp³-hybridized carbons (Fsp3) is 0.143. The Kier molecular flexibility index (Phi) is 2.56. The maximum atomic E-state index is 12.6. The fourth-order valence-corrected chi connectivity index (χ4v) is 0.685. The monoisotopic (exact) mass is 206 g/mol. The molecule has 0 spiro atoms. The van der Waals surface area contributed by atoms with Crippen LogP contribution in [0.3, 0.4) is 0 Å². The first-order valence-electron chi connectivity index (χ1n) is 3.24. The molecule has 1 aromatic heterocycles. The predicted molar refractivity (Wildman–Crippen MR) is 35.6 cm³/mol. The number of pyridine rings is 1. The Hall–Kier alpha value is -1.84. The topological polar surface area (TPSA) is 45.9 Å². The Labute approximate surface area is 75.5 Å². The van der Waals surface area contributed by atoms with Gasteiger partial charge in [0.05, 0.1) is 5.56 Å². The molecule has 1 heterocycles. The van der Waals surface area contributed by atoms with Crippen LogP contribution in [-0.4, -0.2) is 11.3 Å². The smallest absolute Gasteiger partial charge is 0.401 e. The predicted octanol–water partition coefficient (Wildman–Crippen LogP) is 1.99. The van der Waals surface area contributed by atoms with Crippen molar-refractivity contribution >= 4 is 0 Å². The third-order valence-corrected chi connectivity index (χ3v) is 1.16. The molecule has 1 rings (SSSR count). The molecule has 0 aromatic carbocycles. The van der Waals surface area contributed by atoms with Crippen molar-refractivity contribution < 1.29 is 22.3 Å². The number of ether oxygens (including phenoxy) is 1. The van der Waals surface area contributed by atoms with Crippen molar-refractivity contribution in [2.75, 3.05) is 0 Å². The second-order valence-electron chi connectivity index (χ2n) is 2.17. The number of halogens is 4. The highest BCUT2D eigenvalue weighted by molar-refractivity contribution is 5.33. The minimum absolute atomic E-state index is 0.217. The molecule has 0 bridgehead atoms. The zero-order valence-corrected chi connectivity index (χ0v) is 6.47. The summed E-state index contributed by atoms with van der Waals surface area (Å²) in [5.41, 5.74) is -0.217. The molecule has 0 N–H and O–H groups in total. The highest BCUT2D eigenvalue weighted by Crippen LogP contribution is 2.24. The molecule has 0 radical (unpaired) electrons. The van der Waals surface area contributed by atoms with E-state index in [1.165, 1.54) is 6.07 Å². The van der Waals surface area contributed by atoms with Gasteiger partial charge in [-0.3, -0.25) is 0 Å². The summed E-state index contributed by atoms with van der Waals surface area (Å²) in [7, 11) is 0. The third-order valence-electron chi connectivity index (χ3n) is 1.16. The van der Waals surface area contributed by atoms with Crippen LogP contribution in [0.15, 0.2) is 12.3 Å². The third kappa shape index (κ3) is 2.58. The first-order valence-corrected chi connectivity index (χ1v) is 3.24. The molecule has 0 amide bonds. The molecule has 0 aliphatic carbocycles. The van der Waals surface area contributed by atoms with E-state index < -0.39 is 18.1 Å². The molecule has 7 heteroatoms. The van der Waals surface area contributed by atoms with Gasteiger partial charge in [0.15, 0.2) is 5.75 Å². The maximum Gasteiger partial charge on any atom is 0.573 e. The summed E-state index contributed by atoms with van der Waals surface area (Å²) in [6, 6.07) is 2.12. The quantitative estimate of drug-likeness (QED) is 0.521. The van der Waals surface area contributed by atoms with Gasteiger partial charge in [-0.05, 0) is 0 Å². The second kappa shape index (κ2) is 3.49. The van der Waals surface area contributed by atoms with E-state index in [2.05, 4.69) is 9.72 Å². The van der Waals surface area contributed by atoms with E-state index in [-0.39, 0.29) is 5.56 Å². The summed E-state index contributed by atoms with van der Waals surface area (Å²) in [4.78, 5) is 2.92. The number of aromatic nitrogens is 1. The standard InChI is InChI=1S/C7H2F4N2O/c8-6-5(14-7(9,10)11)1-4(2-12)3-13-6/h1,3H. The van der Waals surface area contributed by atoms with E-state index in [0.717, 1.165) is 6.20 Å². The Balaban J connectivity index is 3.03. The first-order chi connectivity index (χ1) is 6.42. The summed E-state index contributed by atoms with van der Waals surface area (Å²) in [6.45, 7) is 0. The number of hydrogen-bond donors (Lipinski definition) is 0. The number of nitrogens with zero attached hydrogens (tertiary/aromatic N) is 2. The van der Waals surface area contributed by atoms with Crippen molar-refractivity contribution in [2.45, 2.75) is 6.36 Å². The maximum absolute atomic E-state index is 12.6. The van der Waals surface area contributed by atoms with Gasteiger partial charge in [-0.25, -0.2) is 4.98 Å². The largest absolute Gasteiger partial charge is 0.573 e. The lowest BCUT2D eigenvalue weighted by Crippen LogP contribution is -2.18. The van der Waals surface area contributed by atoms with Gasteiger partial charge in [0.25, 0.3) is 5.95 Å². The van der Waals surface area contributed by atoms with Crippen molar-refractivity contribution in [3.63, 3.8) is 0 Å². The van der Waals surface area contributed by atoms with Gasteiger partial charge in [-0.2, -0.15) is 9.65 Å². The summed E-state index contributed by atoms with van der Waals surface area (Å²) in [5.74, 6) is -2.53. The highest BCUT2D eigenvalue weighted by Gasteiger charge is 2.32. The number of rotatable bonds is 1. The number of alkyl halides is 3. The molecule has 14 heavy (non-hydrogen) atoms. The van der Waals surface area contributed by atoms with Gasteiger partial charge >= 0.3 is 6.36 Å². The van der Waals surface area contributed by atoms with Crippen molar-refractivity contribution in [1.82, 2.24) is 4.98 Å². The minimum Gasteiger partial charge on any atom is -0.401 e. The normalized spacial score (nSPS) is 10.8. The van der Waals surface area contributed by atoms with E-state index >= 15 is 0 Å². The molecule has 0 fully saturated rings. The van der Waals surface area contributed by atoms with Gasteiger partial charge in [0, 0.05) is 12.3 Å². The zero-order valence-electron chi connectivity index (χ0n) is 6.47. The second-order valence-corrected chi connectivity index (χ2v) is 2.17. The molecule has 0 saturated heterocycles. The fourth-order valence-electron chi connectivity index (χ4n) is 0.685. The molecule has 3 nitrogen and oxygen atoms in total. The summed E-state index contributed by atoms with van der Waals surface area (Å²) >= 11 is 0. The SMILES string of the molecule is N#Cc1cnc(F)c(OC(F)(F)F)c1. The van der Waals surface area contributed by atoms with Crippen LogP contribution in [0.2, 0.25) is 0 Å². The Morgan fingerprint density at radius 1 is 1.43 bits per heavy atom. The first kappa shape index (κ1) is 10.2. The van der Waals surface area contributed by atoms with Crippen LogP contribution in [0.25, 0.3) is 0 Å². The molecule has 0 atom stereocenters. The van der Waals surface area contributed by atoms with Gasteiger partial charge in [-0.1, -0.05) is 0 Å². The van der Waals surface area contributed by atoms with Crippen LogP contribution in [0.4, 0.5) is 17.6 Å². The van der Waals surface area contributed by atoms with Gasteiger partial charge in [0.2, 0.25) is 0 Å². The molecule has 0 aliphatic rings. The van der Waals surface area contributed by atoms with Crippen LogP contribution < -0.4 is 4.74 Å². The average Bonchev–Trinajstić information content (AvgIpc) is 2.06. The van der Waals surface area contributed by atoms with E-state index in [0.29, 0.717) is 6.07 Å². The molecular weight excluding hydrogens is 204 g/mol. The average molecular weight is 206 g/mol. The van der Waals surface area contributed by atoms with Crippen LogP contribution in [0, 0.1) is 17.3 Å². The van der Waals surface area contributed by atoms with Gasteiger partial charge in [0.1, 0.15) is 6.07 Å². The summed E-state index contributed by atoms with van der Waals surface area (Å²) in [6.07, 6.45) is -4.20. The lowest BCUT2D eigenvalue weighted by Gasteiger charge is -2.08. The Bertz CT molecular complexity index is 382. The van der Waals surface area contributed by atoms with Crippen molar-refractivity contribution in [1.29, 1.82) is 5.26 Å².